The fraction of sp³-hybridized carbons (Fsp3) is 0.655. The Morgan fingerprint density at radius 3 is 2.72 bits per heavy atom. The van der Waals surface area contributed by atoms with Crippen molar-refractivity contribution in [3.05, 3.63) is 35.9 Å². The van der Waals surface area contributed by atoms with E-state index in [9.17, 15) is 13.6 Å². The van der Waals surface area contributed by atoms with Gasteiger partial charge in [-0.15, -0.1) is 0 Å². The van der Waals surface area contributed by atoms with Crippen molar-refractivity contribution in [2.75, 3.05) is 76.4 Å². The Hall–Kier alpha value is -3.20. The molecule has 14 heteroatoms. The van der Waals surface area contributed by atoms with Crippen molar-refractivity contribution in [1.82, 2.24) is 29.3 Å². The van der Waals surface area contributed by atoms with Crippen LogP contribution in [0, 0.1) is 5.92 Å². The summed E-state index contributed by atoms with van der Waals surface area (Å²) in [6.07, 6.45) is 7.41. The molecule has 1 saturated heterocycles. The van der Waals surface area contributed by atoms with Gasteiger partial charge in [-0.3, -0.25) is 9.48 Å². The third-order valence-corrected chi connectivity index (χ3v) is 8.23. The van der Waals surface area contributed by atoms with Gasteiger partial charge in [0.25, 0.3) is 12.3 Å². The lowest BCUT2D eigenvalue weighted by molar-refractivity contribution is 0.102. The highest BCUT2D eigenvalue weighted by Crippen LogP contribution is 2.35. The van der Waals surface area contributed by atoms with E-state index in [2.05, 4.69) is 37.3 Å². The summed E-state index contributed by atoms with van der Waals surface area (Å²) in [5, 5.41) is 11.1. The van der Waals surface area contributed by atoms with Gasteiger partial charge in [0.1, 0.15) is 11.4 Å². The first-order chi connectivity index (χ1) is 20.9. The van der Waals surface area contributed by atoms with Crippen LogP contribution in [0.25, 0.3) is 5.65 Å². The third-order valence-electron chi connectivity index (χ3n) is 8.23. The van der Waals surface area contributed by atoms with Crippen molar-refractivity contribution in [3.63, 3.8) is 0 Å². The Bertz CT molecular complexity index is 1320. The maximum absolute atomic E-state index is 14.0. The zero-order chi connectivity index (χ0) is 30.2. The van der Waals surface area contributed by atoms with Gasteiger partial charge in [-0.25, -0.2) is 18.3 Å². The van der Waals surface area contributed by atoms with E-state index in [1.54, 1.807) is 17.1 Å². The number of carbonyl (C=O) groups is 1. The minimum absolute atomic E-state index is 0.00961. The van der Waals surface area contributed by atoms with Crippen molar-refractivity contribution < 1.29 is 23.0 Å². The zero-order valence-corrected chi connectivity index (χ0v) is 24.8. The Kier molecular flexibility index (Phi) is 10.9. The van der Waals surface area contributed by atoms with Crippen LogP contribution in [0.1, 0.15) is 67.0 Å². The molecule has 1 amide bonds. The molecule has 1 saturated carbocycles. The summed E-state index contributed by atoms with van der Waals surface area (Å²) in [5.74, 6) is 0.703. The van der Waals surface area contributed by atoms with Gasteiger partial charge in [0.15, 0.2) is 11.3 Å². The van der Waals surface area contributed by atoms with Crippen LogP contribution >= 0.6 is 0 Å². The molecule has 0 aromatic carbocycles. The molecule has 2 aliphatic rings. The van der Waals surface area contributed by atoms with E-state index >= 15 is 0 Å². The second kappa shape index (κ2) is 15.0. The van der Waals surface area contributed by atoms with Crippen molar-refractivity contribution in [2.45, 2.75) is 51.0 Å². The number of rotatable bonds is 14. The Morgan fingerprint density at radius 1 is 1.21 bits per heavy atom. The lowest BCUT2D eigenvalue weighted by Gasteiger charge is -2.31. The summed E-state index contributed by atoms with van der Waals surface area (Å²) in [7, 11) is 2.13. The Morgan fingerprint density at radius 2 is 1.98 bits per heavy atom. The summed E-state index contributed by atoms with van der Waals surface area (Å²) in [5.41, 5.74) is 5.63. The van der Waals surface area contributed by atoms with E-state index < -0.39 is 18.0 Å². The van der Waals surface area contributed by atoms with Gasteiger partial charge in [-0.05, 0) is 64.1 Å². The van der Waals surface area contributed by atoms with Crippen molar-refractivity contribution in [2.24, 2.45) is 11.7 Å². The predicted molar refractivity (Wildman–Crippen MR) is 159 cm³/mol. The molecule has 2 fully saturated rings. The number of anilines is 2. The van der Waals surface area contributed by atoms with E-state index in [1.165, 1.54) is 10.7 Å². The molecule has 0 radical (unpaired) electrons. The number of aromatic nitrogens is 5. The number of hydrogen-bond donors (Lipinski definition) is 2. The average Bonchev–Trinajstić information content (AvgIpc) is 3.64. The number of morpholine rings is 1. The molecule has 0 spiro atoms. The van der Waals surface area contributed by atoms with Gasteiger partial charge in [0.05, 0.1) is 31.1 Å². The van der Waals surface area contributed by atoms with Gasteiger partial charge in [-0.2, -0.15) is 10.2 Å². The van der Waals surface area contributed by atoms with Gasteiger partial charge in [0, 0.05) is 51.8 Å². The molecule has 0 unspecified atom stereocenters. The lowest BCUT2D eigenvalue weighted by Crippen LogP contribution is -2.36. The minimum atomic E-state index is -2.82. The average molecular weight is 604 g/mol. The highest BCUT2D eigenvalue weighted by molar-refractivity contribution is 6.08. The summed E-state index contributed by atoms with van der Waals surface area (Å²) in [4.78, 5) is 22.3. The number of ether oxygens (including phenoxy) is 2. The van der Waals surface area contributed by atoms with Crippen LogP contribution in [0.3, 0.4) is 0 Å². The number of fused-ring (bicyclic) bond motifs is 1. The number of hydrogen-bond acceptors (Lipinski definition) is 9. The fourth-order valence-corrected chi connectivity index (χ4v) is 5.88. The maximum atomic E-state index is 14.0. The number of nitrogens with two attached hydrogens (primary N) is 1. The first-order valence-electron chi connectivity index (χ1n) is 15.2. The second-order valence-electron chi connectivity index (χ2n) is 11.4. The molecule has 3 N–H and O–H groups in total. The van der Waals surface area contributed by atoms with Crippen LogP contribution in [0.5, 0.6) is 0 Å². The third kappa shape index (κ3) is 8.05. The van der Waals surface area contributed by atoms with E-state index in [0.717, 1.165) is 58.2 Å². The molecule has 1 aliphatic heterocycles. The molecule has 3 aromatic heterocycles. The SMILES string of the molecule is CN(CCCOCCCN)CC1CCC(n2cc(NC(=O)c3cnn4ccc(N5CCOCC5)nc34)c(C(F)F)n2)CC1. The van der Waals surface area contributed by atoms with Crippen LogP contribution in [-0.2, 0) is 9.47 Å². The summed E-state index contributed by atoms with van der Waals surface area (Å²) in [6.45, 7) is 6.67. The van der Waals surface area contributed by atoms with Gasteiger partial charge in [-0.1, -0.05) is 0 Å². The highest BCUT2D eigenvalue weighted by Gasteiger charge is 2.28. The van der Waals surface area contributed by atoms with Gasteiger partial charge < -0.3 is 30.3 Å². The minimum Gasteiger partial charge on any atom is -0.381 e. The van der Waals surface area contributed by atoms with Crippen molar-refractivity contribution >= 4 is 23.1 Å². The molecule has 0 bridgehead atoms. The van der Waals surface area contributed by atoms with Crippen molar-refractivity contribution in [3.8, 4) is 0 Å². The Labute approximate surface area is 250 Å². The molecule has 1 aliphatic carbocycles. The molecular weight excluding hydrogens is 560 g/mol. The topological polar surface area (TPSA) is 128 Å². The number of nitrogens with zero attached hydrogens (tertiary/aromatic N) is 7. The molecule has 43 heavy (non-hydrogen) atoms. The highest BCUT2D eigenvalue weighted by atomic mass is 19.3. The first kappa shape index (κ1) is 31.2. The van der Waals surface area contributed by atoms with Gasteiger partial charge in [0.2, 0.25) is 0 Å². The number of amides is 1. The normalized spacial score (nSPS) is 19.5. The van der Waals surface area contributed by atoms with E-state index in [4.69, 9.17) is 15.2 Å². The number of alkyl halides is 2. The van der Waals surface area contributed by atoms with E-state index in [-0.39, 0.29) is 17.3 Å². The second-order valence-corrected chi connectivity index (χ2v) is 11.4. The molecule has 3 aromatic rings. The molecule has 0 atom stereocenters. The largest absolute Gasteiger partial charge is 0.381 e. The summed E-state index contributed by atoms with van der Waals surface area (Å²) < 4.78 is 42.1. The number of carbonyl (C=O) groups excluding carboxylic acids is 1. The van der Waals surface area contributed by atoms with E-state index in [1.807, 2.05) is 6.07 Å². The monoisotopic (exact) mass is 603 g/mol. The number of halogens is 2. The Balaban J connectivity index is 1.18. The number of nitrogens with one attached hydrogen (secondary N) is 1. The first-order valence-corrected chi connectivity index (χ1v) is 15.2. The smallest absolute Gasteiger partial charge is 0.284 e. The molecule has 5 rings (SSSR count). The molecule has 236 valence electrons. The van der Waals surface area contributed by atoms with Crippen LogP contribution in [0.15, 0.2) is 24.7 Å². The van der Waals surface area contributed by atoms with Crippen LogP contribution in [0.4, 0.5) is 20.3 Å². The predicted octanol–water partition coefficient (Wildman–Crippen LogP) is 3.37. The molecule has 12 nitrogen and oxygen atoms in total. The molecule has 4 heterocycles. The lowest BCUT2D eigenvalue weighted by atomic mass is 9.86. The summed E-state index contributed by atoms with van der Waals surface area (Å²) >= 11 is 0. The fourth-order valence-electron chi connectivity index (χ4n) is 5.88. The van der Waals surface area contributed by atoms with E-state index in [0.29, 0.717) is 56.8 Å². The van der Waals surface area contributed by atoms with Crippen molar-refractivity contribution in [1.29, 1.82) is 0 Å². The van der Waals surface area contributed by atoms with Crippen LogP contribution < -0.4 is 16.0 Å². The van der Waals surface area contributed by atoms with Crippen LogP contribution in [0.2, 0.25) is 0 Å². The quantitative estimate of drug-likeness (QED) is 0.267. The maximum Gasteiger partial charge on any atom is 0.284 e. The zero-order valence-electron chi connectivity index (χ0n) is 24.8. The summed E-state index contributed by atoms with van der Waals surface area (Å²) in [6, 6.07) is 1.84. The van der Waals surface area contributed by atoms with Gasteiger partial charge >= 0.3 is 0 Å². The van der Waals surface area contributed by atoms with Crippen LogP contribution in [-0.4, -0.2) is 101 Å². The molecular formula is C29H43F2N9O3. The standard InChI is InChI=1S/C29H43F2N9O3/c1-37(10-3-15-42-14-2-9-32)19-21-4-6-22(7-5-21)40-20-24(26(36-40)27(30)31)34-29(41)23-18-33-39-11-8-25(35-28(23)39)38-12-16-43-17-13-38/h8,11,18,20-22,27H,2-7,9-10,12-17,19,32H2,1H3,(H,34,41).